The van der Waals surface area contributed by atoms with Crippen molar-refractivity contribution in [3.05, 3.63) is 77.7 Å². The fourth-order valence-electron chi connectivity index (χ4n) is 2.86. The fourth-order valence-corrected chi connectivity index (χ4v) is 2.86. The summed E-state index contributed by atoms with van der Waals surface area (Å²) in [4.78, 5) is 35.8. The first-order chi connectivity index (χ1) is 14.1. The van der Waals surface area contributed by atoms with Crippen molar-refractivity contribution < 1.29 is 23.5 Å². The Kier molecular flexibility index (Phi) is 4.98. The van der Waals surface area contributed by atoms with Gasteiger partial charge >= 0.3 is 0 Å². The van der Waals surface area contributed by atoms with E-state index in [2.05, 4.69) is 16.0 Å². The van der Waals surface area contributed by atoms with Gasteiger partial charge in [-0.15, -0.1) is 0 Å². The minimum absolute atomic E-state index is 0.0748. The topological polar surface area (TPSA) is 110 Å². The Bertz CT molecular complexity index is 1080. The molecule has 0 saturated heterocycles. The summed E-state index contributed by atoms with van der Waals surface area (Å²) in [6.45, 7) is 0.201. The number of anilines is 2. The highest BCUT2D eigenvalue weighted by atomic mass is 16.5. The van der Waals surface area contributed by atoms with E-state index in [1.165, 1.54) is 6.26 Å². The average Bonchev–Trinajstić information content (AvgIpc) is 3.27. The molecule has 0 fully saturated rings. The normalized spacial score (nSPS) is 12.3. The van der Waals surface area contributed by atoms with Gasteiger partial charge in [0.25, 0.3) is 17.7 Å². The minimum Gasteiger partial charge on any atom is -0.482 e. The molecule has 0 bridgehead atoms. The second-order valence-corrected chi connectivity index (χ2v) is 6.36. The fraction of sp³-hybridized carbons (Fsp3) is 0.0952. The van der Waals surface area contributed by atoms with Gasteiger partial charge in [-0.2, -0.15) is 0 Å². The molecule has 1 aromatic heterocycles. The summed E-state index contributed by atoms with van der Waals surface area (Å²) in [5, 5.41) is 8.25. The molecule has 1 aliphatic heterocycles. The molecule has 8 nitrogen and oxygen atoms in total. The van der Waals surface area contributed by atoms with Crippen LogP contribution in [0.4, 0.5) is 11.4 Å². The van der Waals surface area contributed by atoms with Crippen LogP contribution in [0.1, 0.15) is 26.5 Å². The first-order valence-corrected chi connectivity index (χ1v) is 8.87. The Balaban J connectivity index is 1.38. The molecule has 4 rings (SSSR count). The number of furan rings is 1. The molecule has 2 heterocycles. The predicted molar refractivity (Wildman–Crippen MR) is 105 cm³/mol. The summed E-state index contributed by atoms with van der Waals surface area (Å²) >= 11 is 0. The third-order valence-electron chi connectivity index (χ3n) is 4.26. The van der Waals surface area contributed by atoms with Crippen LogP contribution < -0.4 is 20.7 Å². The van der Waals surface area contributed by atoms with Crippen LogP contribution in [-0.2, 0) is 11.3 Å². The standard InChI is InChI=1S/C21H17N3O5/c25-19-12-29-18-10-14(6-7-16(18)24-19)20(26)22-11-13-3-1-4-15(9-13)23-21(27)17-5-2-8-28-17/h1-10H,11-12H2,(H,22,26)(H,23,27)(H,24,25). The molecular formula is C21H17N3O5. The zero-order chi connectivity index (χ0) is 20.2. The molecule has 1 aliphatic rings. The van der Waals surface area contributed by atoms with Crippen LogP contribution in [0, 0.1) is 0 Å². The maximum absolute atomic E-state index is 12.5. The van der Waals surface area contributed by atoms with Gasteiger partial charge in [0, 0.05) is 17.8 Å². The van der Waals surface area contributed by atoms with Crippen molar-refractivity contribution >= 4 is 29.1 Å². The van der Waals surface area contributed by atoms with Gasteiger partial charge in [-0.05, 0) is 48.0 Å². The third kappa shape index (κ3) is 4.27. The van der Waals surface area contributed by atoms with Crippen LogP contribution >= 0.6 is 0 Å². The van der Waals surface area contributed by atoms with Crippen molar-refractivity contribution in [1.82, 2.24) is 5.32 Å². The summed E-state index contributed by atoms with van der Waals surface area (Å²) in [6, 6.07) is 15.2. The van der Waals surface area contributed by atoms with Crippen molar-refractivity contribution in [3.8, 4) is 5.75 Å². The lowest BCUT2D eigenvalue weighted by atomic mass is 10.1. The second kappa shape index (κ2) is 7.89. The molecule has 0 spiro atoms. The van der Waals surface area contributed by atoms with Gasteiger partial charge in [0.2, 0.25) is 0 Å². The molecule has 3 amide bonds. The van der Waals surface area contributed by atoms with Gasteiger partial charge in [0.05, 0.1) is 12.0 Å². The summed E-state index contributed by atoms with van der Waals surface area (Å²) in [7, 11) is 0. The molecule has 0 saturated carbocycles. The lowest BCUT2D eigenvalue weighted by Crippen LogP contribution is -2.26. The van der Waals surface area contributed by atoms with E-state index in [0.717, 1.165) is 5.56 Å². The van der Waals surface area contributed by atoms with Crippen molar-refractivity contribution in [2.45, 2.75) is 6.54 Å². The Labute approximate surface area is 165 Å². The van der Waals surface area contributed by atoms with Crippen molar-refractivity contribution in [1.29, 1.82) is 0 Å². The van der Waals surface area contributed by atoms with Crippen molar-refractivity contribution in [2.24, 2.45) is 0 Å². The zero-order valence-electron chi connectivity index (χ0n) is 15.2. The molecule has 0 unspecified atom stereocenters. The summed E-state index contributed by atoms with van der Waals surface area (Å²) in [6.07, 6.45) is 1.43. The number of carbonyl (C=O) groups is 3. The van der Waals surface area contributed by atoms with E-state index in [-0.39, 0.29) is 36.6 Å². The molecule has 0 radical (unpaired) electrons. The number of rotatable bonds is 5. The highest BCUT2D eigenvalue weighted by Gasteiger charge is 2.17. The average molecular weight is 391 g/mol. The Morgan fingerprint density at radius 2 is 1.93 bits per heavy atom. The van der Waals surface area contributed by atoms with Crippen LogP contribution in [0.5, 0.6) is 5.75 Å². The van der Waals surface area contributed by atoms with E-state index in [9.17, 15) is 14.4 Å². The Morgan fingerprint density at radius 1 is 1.03 bits per heavy atom. The van der Waals surface area contributed by atoms with Crippen LogP contribution in [-0.4, -0.2) is 24.3 Å². The molecule has 0 aliphatic carbocycles. The monoisotopic (exact) mass is 391 g/mol. The van der Waals surface area contributed by atoms with Crippen LogP contribution in [0.2, 0.25) is 0 Å². The zero-order valence-corrected chi connectivity index (χ0v) is 15.2. The number of fused-ring (bicyclic) bond motifs is 1. The van der Waals surface area contributed by atoms with Gasteiger partial charge in [-0.1, -0.05) is 12.1 Å². The maximum Gasteiger partial charge on any atom is 0.291 e. The van der Waals surface area contributed by atoms with Crippen molar-refractivity contribution in [3.63, 3.8) is 0 Å². The lowest BCUT2D eigenvalue weighted by molar-refractivity contribution is -0.118. The van der Waals surface area contributed by atoms with E-state index in [4.69, 9.17) is 9.15 Å². The first kappa shape index (κ1) is 18.3. The highest BCUT2D eigenvalue weighted by Crippen LogP contribution is 2.28. The van der Waals surface area contributed by atoms with E-state index in [0.29, 0.717) is 22.7 Å². The van der Waals surface area contributed by atoms with E-state index in [1.54, 1.807) is 48.5 Å². The van der Waals surface area contributed by atoms with Crippen molar-refractivity contribution in [2.75, 3.05) is 17.2 Å². The van der Waals surface area contributed by atoms with Crippen LogP contribution in [0.25, 0.3) is 0 Å². The summed E-state index contributed by atoms with van der Waals surface area (Å²) < 4.78 is 10.4. The molecule has 29 heavy (non-hydrogen) atoms. The third-order valence-corrected chi connectivity index (χ3v) is 4.26. The molecule has 3 N–H and O–H groups in total. The number of hydrogen-bond acceptors (Lipinski definition) is 5. The predicted octanol–water partition coefficient (Wildman–Crippen LogP) is 2.79. The quantitative estimate of drug-likeness (QED) is 0.620. The highest BCUT2D eigenvalue weighted by molar-refractivity contribution is 6.02. The van der Waals surface area contributed by atoms with Crippen LogP contribution in [0.15, 0.2) is 65.3 Å². The van der Waals surface area contributed by atoms with Crippen LogP contribution in [0.3, 0.4) is 0 Å². The van der Waals surface area contributed by atoms with Gasteiger partial charge in [0.1, 0.15) is 5.75 Å². The lowest BCUT2D eigenvalue weighted by Gasteiger charge is -2.18. The number of nitrogens with one attached hydrogen (secondary N) is 3. The summed E-state index contributed by atoms with van der Waals surface area (Å²) in [5.41, 5.74) is 2.37. The number of carbonyl (C=O) groups excluding carboxylic acids is 3. The smallest absolute Gasteiger partial charge is 0.291 e. The number of ether oxygens (including phenoxy) is 1. The second-order valence-electron chi connectivity index (χ2n) is 6.36. The number of benzene rings is 2. The van der Waals surface area contributed by atoms with Gasteiger partial charge in [-0.25, -0.2) is 0 Å². The molecule has 8 heteroatoms. The number of hydrogen-bond donors (Lipinski definition) is 3. The molecule has 2 aromatic carbocycles. The van der Waals surface area contributed by atoms with E-state index >= 15 is 0 Å². The van der Waals surface area contributed by atoms with E-state index < -0.39 is 0 Å². The SMILES string of the molecule is O=C1COc2cc(C(=O)NCc3cccc(NC(=O)c4ccco4)c3)ccc2N1. The Morgan fingerprint density at radius 3 is 2.76 bits per heavy atom. The molecule has 3 aromatic rings. The minimum atomic E-state index is -0.350. The largest absolute Gasteiger partial charge is 0.482 e. The number of amides is 3. The Hall–Kier alpha value is -4.07. The van der Waals surface area contributed by atoms with E-state index in [1.807, 2.05) is 6.07 Å². The maximum atomic E-state index is 12.5. The molecule has 146 valence electrons. The molecular weight excluding hydrogens is 374 g/mol. The van der Waals surface area contributed by atoms with Gasteiger partial charge in [-0.3, -0.25) is 14.4 Å². The first-order valence-electron chi connectivity index (χ1n) is 8.87. The van der Waals surface area contributed by atoms with Gasteiger partial charge in [0.15, 0.2) is 12.4 Å². The van der Waals surface area contributed by atoms with Gasteiger partial charge < -0.3 is 25.1 Å². The molecule has 0 atom stereocenters. The summed E-state index contributed by atoms with van der Waals surface area (Å²) in [5.74, 6) is -0.182.